The quantitative estimate of drug-likeness (QED) is 0.460. The van der Waals surface area contributed by atoms with Crippen molar-refractivity contribution in [2.75, 3.05) is 17.2 Å². The average molecular weight is 427 g/mol. The SMILES string of the molecule is CCOc1ccc(NC(=O)Nc2nnc(COc3ccc(C(C)CC)cc3)s2)cc1. The van der Waals surface area contributed by atoms with Gasteiger partial charge in [0.2, 0.25) is 5.13 Å². The van der Waals surface area contributed by atoms with Crippen LogP contribution in [0.4, 0.5) is 15.6 Å². The molecule has 30 heavy (non-hydrogen) atoms. The lowest BCUT2D eigenvalue weighted by molar-refractivity contribution is 0.262. The number of urea groups is 1. The third kappa shape index (κ3) is 6.18. The van der Waals surface area contributed by atoms with Crippen molar-refractivity contribution in [1.82, 2.24) is 10.2 Å². The summed E-state index contributed by atoms with van der Waals surface area (Å²) in [6.07, 6.45) is 1.10. The molecular weight excluding hydrogens is 400 g/mol. The first-order chi connectivity index (χ1) is 14.6. The van der Waals surface area contributed by atoms with Crippen molar-refractivity contribution >= 4 is 28.2 Å². The highest BCUT2D eigenvalue weighted by molar-refractivity contribution is 7.15. The van der Waals surface area contributed by atoms with Crippen LogP contribution in [0, 0.1) is 0 Å². The Hall–Kier alpha value is -3.13. The number of anilines is 2. The van der Waals surface area contributed by atoms with Gasteiger partial charge in [0.05, 0.1) is 6.61 Å². The zero-order valence-electron chi connectivity index (χ0n) is 17.3. The highest BCUT2D eigenvalue weighted by Gasteiger charge is 2.10. The number of carbonyl (C=O) groups excluding carboxylic acids is 1. The van der Waals surface area contributed by atoms with Crippen LogP contribution >= 0.6 is 11.3 Å². The van der Waals surface area contributed by atoms with Crippen LogP contribution < -0.4 is 20.1 Å². The lowest BCUT2D eigenvalue weighted by Crippen LogP contribution is -2.19. The number of rotatable bonds is 9. The van der Waals surface area contributed by atoms with Crippen LogP contribution in [0.1, 0.15) is 43.7 Å². The summed E-state index contributed by atoms with van der Waals surface area (Å²) in [7, 11) is 0. The summed E-state index contributed by atoms with van der Waals surface area (Å²) in [6.45, 7) is 7.19. The third-order valence-electron chi connectivity index (χ3n) is 4.53. The molecular formula is C22H26N4O3S. The van der Waals surface area contributed by atoms with Crippen LogP contribution in [0.25, 0.3) is 0 Å². The van der Waals surface area contributed by atoms with Gasteiger partial charge in [-0.3, -0.25) is 5.32 Å². The van der Waals surface area contributed by atoms with E-state index in [0.29, 0.717) is 35.0 Å². The number of amides is 2. The minimum absolute atomic E-state index is 0.294. The Morgan fingerprint density at radius 2 is 1.63 bits per heavy atom. The van der Waals surface area contributed by atoms with E-state index in [1.165, 1.54) is 16.9 Å². The number of hydrogen-bond acceptors (Lipinski definition) is 6. The molecule has 3 rings (SSSR count). The van der Waals surface area contributed by atoms with E-state index in [-0.39, 0.29) is 6.03 Å². The fraction of sp³-hybridized carbons (Fsp3) is 0.318. The standard InChI is InChI=1S/C22H26N4O3S/c1-4-15(3)16-6-10-19(11-7-16)29-14-20-25-26-22(30-20)24-21(27)23-17-8-12-18(13-9-17)28-5-2/h6-13,15H,4-5,14H2,1-3H3,(H2,23,24,26,27). The second-order valence-corrected chi connectivity index (χ2v) is 7.77. The van der Waals surface area contributed by atoms with Crippen molar-refractivity contribution < 1.29 is 14.3 Å². The van der Waals surface area contributed by atoms with Gasteiger partial charge in [0.15, 0.2) is 5.01 Å². The first-order valence-corrected chi connectivity index (χ1v) is 10.7. The lowest BCUT2D eigenvalue weighted by atomic mass is 9.99. The molecule has 2 N–H and O–H groups in total. The van der Waals surface area contributed by atoms with Crippen molar-refractivity contribution in [2.45, 2.75) is 39.7 Å². The molecule has 0 aliphatic heterocycles. The summed E-state index contributed by atoms with van der Waals surface area (Å²) in [4.78, 5) is 12.1. The van der Waals surface area contributed by atoms with Gasteiger partial charge in [0.1, 0.15) is 18.1 Å². The molecule has 0 saturated carbocycles. The molecule has 0 aliphatic carbocycles. The topological polar surface area (TPSA) is 85.4 Å². The maximum atomic E-state index is 12.1. The van der Waals surface area contributed by atoms with E-state index in [1.807, 2.05) is 19.1 Å². The molecule has 2 aromatic carbocycles. The maximum absolute atomic E-state index is 12.1. The molecule has 8 heteroatoms. The van der Waals surface area contributed by atoms with Crippen molar-refractivity contribution in [3.8, 4) is 11.5 Å². The normalized spacial score (nSPS) is 11.6. The summed E-state index contributed by atoms with van der Waals surface area (Å²) >= 11 is 1.27. The van der Waals surface area contributed by atoms with Crippen molar-refractivity contribution in [1.29, 1.82) is 0 Å². The molecule has 1 atom stereocenters. The molecule has 0 fully saturated rings. The van der Waals surface area contributed by atoms with Crippen LogP contribution in [0.3, 0.4) is 0 Å². The molecule has 2 amide bonds. The van der Waals surface area contributed by atoms with Gasteiger partial charge in [0, 0.05) is 5.69 Å². The van der Waals surface area contributed by atoms with E-state index in [4.69, 9.17) is 9.47 Å². The molecule has 1 heterocycles. The second-order valence-electron chi connectivity index (χ2n) is 6.70. The van der Waals surface area contributed by atoms with Crippen LogP contribution in [0.15, 0.2) is 48.5 Å². The van der Waals surface area contributed by atoms with E-state index in [1.54, 1.807) is 24.3 Å². The number of aromatic nitrogens is 2. The molecule has 7 nitrogen and oxygen atoms in total. The smallest absolute Gasteiger partial charge is 0.325 e. The Labute approximate surface area is 180 Å². The molecule has 0 aliphatic rings. The number of nitrogens with one attached hydrogen (secondary N) is 2. The first kappa shape index (κ1) is 21.6. The minimum Gasteiger partial charge on any atom is -0.494 e. The lowest BCUT2D eigenvalue weighted by Gasteiger charge is -2.10. The van der Waals surface area contributed by atoms with Gasteiger partial charge in [-0.25, -0.2) is 4.79 Å². The van der Waals surface area contributed by atoms with Gasteiger partial charge in [-0.1, -0.05) is 37.3 Å². The van der Waals surface area contributed by atoms with Crippen molar-refractivity contribution in [2.24, 2.45) is 0 Å². The Kier molecular flexibility index (Phi) is 7.62. The Bertz CT molecular complexity index is 942. The first-order valence-electron chi connectivity index (χ1n) is 9.93. The third-order valence-corrected chi connectivity index (χ3v) is 5.35. The van der Waals surface area contributed by atoms with E-state index in [0.717, 1.165) is 17.9 Å². The largest absolute Gasteiger partial charge is 0.494 e. The summed E-state index contributed by atoms with van der Waals surface area (Å²) in [5, 5.41) is 14.6. The zero-order valence-corrected chi connectivity index (χ0v) is 18.2. The van der Waals surface area contributed by atoms with Gasteiger partial charge >= 0.3 is 6.03 Å². The minimum atomic E-state index is -0.386. The molecule has 0 radical (unpaired) electrons. The van der Waals surface area contributed by atoms with E-state index in [9.17, 15) is 4.79 Å². The molecule has 3 aromatic rings. The monoisotopic (exact) mass is 426 g/mol. The highest BCUT2D eigenvalue weighted by atomic mass is 32.1. The van der Waals surface area contributed by atoms with Crippen LogP contribution in [0.2, 0.25) is 0 Å². The molecule has 0 saturated heterocycles. The van der Waals surface area contributed by atoms with E-state index >= 15 is 0 Å². The van der Waals surface area contributed by atoms with Gasteiger partial charge in [-0.2, -0.15) is 0 Å². The Balaban J connectivity index is 1.48. The van der Waals surface area contributed by atoms with Gasteiger partial charge in [-0.05, 0) is 61.2 Å². The molecule has 1 unspecified atom stereocenters. The fourth-order valence-corrected chi connectivity index (χ4v) is 3.34. The number of benzene rings is 2. The predicted octanol–water partition coefficient (Wildman–Crippen LogP) is 5.67. The number of hydrogen-bond donors (Lipinski definition) is 2. The van der Waals surface area contributed by atoms with Crippen LogP contribution in [-0.4, -0.2) is 22.8 Å². The van der Waals surface area contributed by atoms with E-state index in [2.05, 4.69) is 46.8 Å². The summed E-state index contributed by atoms with van der Waals surface area (Å²) in [6, 6.07) is 14.9. The highest BCUT2D eigenvalue weighted by Crippen LogP contribution is 2.23. The summed E-state index contributed by atoms with van der Waals surface area (Å²) in [5.41, 5.74) is 1.95. The molecule has 158 valence electrons. The summed E-state index contributed by atoms with van der Waals surface area (Å²) < 4.78 is 11.2. The van der Waals surface area contributed by atoms with Gasteiger partial charge in [0.25, 0.3) is 0 Å². The van der Waals surface area contributed by atoms with Crippen LogP contribution in [0.5, 0.6) is 11.5 Å². The van der Waals surface area contributed by atoms with Crippen molar-refractivity contribution in [3.63, 3.8) is 0 Å². The summed E-state index contributed by atoms with van der Waals surface area (Å²) in [5.74, 6) is 2.07. The van der Waals surface area contributed by atoms with Crippen molar-refractivity contribution in [3.05, 3.63) is 59.1 Å². The van der Waals surface area contributed by atoms with Gasteiger partial charge < -0.3 is 14.8 Å². The van der Waals surface area contributed by atoms with Gasteiger partial charge in [-0.15, -0.1) is 10.2 Å². The molecule has 0 spiro atoms. The maximum Gasteiger partial charge on any atom is 0.325 e. The zero-order chi connectivity index (χ0) is 21.3. The fourth-order valence-electron chi connectivity index (χ4n) is 2.70. The predicted molar refractivity (Wildman–Crippen MR) is 120 cm³/mol. The molecule has 1 aromatic heterocycles. The number of ether oxygens (including phenoxy) is 2. The Morgan fingerprint density at radius 1 is 0.967 bits per heavy atom. The van der Waals surface area contributed by atoms with Crippen LogP contribution in [-0.2, 0) is 6.61 Å². The van der Waals surface area contributed by atoms with E-state index < -0.39 is 0 Å². The number of carbonyl (C=O) groups is 1. The molecule has 0 bridgehead atoms. The number of nitrogens with zero attached hydrogens (tertiary/aromatic N) is 2. The Morgan fingerprint density at radius 3 is 2.30 bits per heavy atom. The second kappa shape index (κ2) is 10.6. The average Bonchev–Trinajstić information content (AvgIpc) is 3.20.